The number of rotatable bonds is 5. The van der Waals surface area contributed by atoms with Gasteiger partial charge in [-0.3, -0.25) is 5.43 Å². The lowest BCUT2D eigenvalue weighted by atomic mass is 10.1. The molecule has 0 heterocycles. The molecule has 0 aliphatic heterocycles. The fraction of sp³-hybridized carbons (Fsp3) is 0.917. The second-order valence-corrected chi connectivity index (χ2v) is 5.64. The average Bonchev–Trinajstić information content (AvgIpc) is 2.08. The van der Waals surface area contributed by atoms with Crippen molar-refractivity contribution in [2.75, 3.05) is 0 Å². The van der Waals surface area contributed by atoms with Gasteiger partial charge in [-0.1, -0.05) is 13.8 Å². The van der Waals surface area contributed by atoms with E-state index in [2.05, 4.69) is 24.7 Å². The Morgan fingerprint density at radius 2 is 1.75 bits per heavy atom. The molecular formula is C12H26N2O2. The van der Waals surface area contributed by atoms with Gasteiger partial charge < -0.3 is 4.74 Å². The molecular weight excluding hydrogens is 204 g/mol. The third kappa shape index (κ3) is 9.77. The normalized spacial score (nSPS) is 13.7. The van der Waals surface area contributed by atoms with Crippen molar-refractivity contribution in [3.63, 3.8) is 0 Å². The Labute approximate surface area is 99.1 Å². The van der Waals surface area contributed by atoms with E-state index in [1.54, 1.807) is 0 Å². The highest BCUT2D eigenvalue weighted by atomic mass is 16.6. The molecule has 0 radical (unpaired) electrons. The van der Waals surface area contributed by atoms with Crippen LogP contribution in [-0.4, -0.2) is 17.7 Å². The lowest BCUT2D eigenvalue weighted by Crippen LogP contribution is -2.45. The van der Waals surface area contributed by atoms with Gasteiger partial charge in [0, 0.05) is 6.04 Å². The molecule has 2 N–H and O–H groups in total. The summed E-state index contributed by atoms with van der Waals surface area (Å²) >= 11 is 0. The highest BCUT2D eigenvalue weighted by Gasteiger charge is 2.16. The van der Waals surface area contributed by atoms with Gasteiger partial charge in [0.25, 0.3) is 0 Å². The third-order valence-electron chi connectivity index (χ3n) is 2.00. The van der Waals surface area contributed by atoms with Crippen LogP contribution in [0.2, 0.25) is 0 Å². The molecule has 4 nitrogen and oxygen atoms in total. The quantitative estimate of drug-likeness (QED) is 0.714. The van der Waals surface area contributed by atoms with E-state index < -0.39 is 11.7 Å². The number of amides is 1. The molecule has 96 valence electrons. The minimum Gasteiger partial charge on any atom is -0.443 e. The largest absolute Gasteiger partial charge is 0.443 e. The number of hydrogen-bond acceptors (Lipinski definition) is 3. The van der Waals surface area contributed by atoms with Crippen LogP contribution in [0.15, 0.2) is 0 Å². The first-order chi connectivity index (χ1) is 7.20. The maximum absolute atomic E-state index is 11.3. The Hall–Kier alpha value is -0.770. The van der Waals surface area contributed by atoms with Crippen LogP contribution in [0.3, 0.4) is 0 Å². The van der Waals surface area contributed by atoms with Crippen LogP contribution < -0.4 is 10.9 Å². The number of hydrazine groups is 1. The molecule has 0 spiro atoms. The van der Waals surface area contributed by atoms with E-state index in [4.69, 9.17) is 4.74 Å². The highest BCUT2D eigenvalue weighted by molar-refractivity contribution is 5.66. The summed E-state index contributed by atoms with van der Waals surface area (Å²) in [6.07, 6.45) is 1.75. The third-order valence-corrected chi connectivity index (χ3v) is 2.00. The van der Waals surface area contributed by atoms with Crippen molar-refractivity contribution < 1.29 is 9.53 Å². The predicted octanol–water partition coefficient (Wildman–Crippen LogP) is 2.84. The summed E-state index contributed by atoms with van der Waals surface area (Å²) in [4.78, 5) is 11.3. The van der Waals surface area contributed by atoms with Crippen LogP contribution in [-0.2, 0) is 4.74 Å². The molecule has 0 aromatic rings. The lowest BCUT2D eigenvalue weighted by Gasteiger charge is -2.21. The second kappa shape index (κ2) is 6.74. The summed E-state index contributed by atoms with van der Waals surface area (Å²) in [5.74, 6) is 0.686. The topological polar surface area (TPSA) is 50.4 Å². The molecule has 0 fully saturated rings. The second-order valence-electron chi connectivity index (χ2n) is 5.64. The van der Waals surface area contributed by atoms with E-state index >= 15 is 0 Å². The zero-order valence-corrected chi connectivity index (χ0v) is 11.4. The Bertz CT molecular complexity index is 210. The first kappa shape index (κ1) is 15.2. The fourth-order valence-electron chi connectivity index (χ4n) is 1.14. The fourth-order valence-corrected chi connectivity index (χ4v) is 1.14. The Kier molecular flexibility index (Phi) is 6.41. The van der Waals surface area contributed by atoms with Crippen molar-refractivity contribution in [3.8, 4) is 0 Å². The number of carbonyl (C=O) groups is 1. The van der Waals surface area contributed by atoms with Gasteiger partial charge in [0.15, 0.2) is 0 Å². The summed E-state index contributed by atoms with van der Waals surface area (Å²) in [6.45, 7) is 11.9. The molecule has 0 aromatic carbocycles. The van der Waals surface area contributed by atoms with E-state index in [0.29, 0.717) is 5.92 Å². The molecule has 0 aliphatic carbocycles. The SMILES string of the molecule is CC(C)CCC(C)NNC(=O)OC(C)(C)C. The van der Waals surface area contributed by atoms with Crippen molar-refractivity contribution in [1.82, 2.24) is 10.9 Å². The molecule has 0 rings (SSSR count). The minimum absolute atomic E-state index is 0.259. The van der Waals surface area contributed by atoms with Gasteiger partial charge in [-0.2, -0.15) is 0 Å². The zero-order valence-electron chi connectivity index (χ0n) is 11.4. The minimum atomic E-state index is -0.451. The lowest BCUT2D eigenvalue weighted by molar-refractivity contribution is 0.0488. The molecule has 0 aromatic heterocycles. The summed E-state index contributed by atoms with van der Waals surface area (Å²) in [6, 6.07) is 0.259. The molecule has 0 saturated heterocycles. The smallest absolute Gasteiger partial charge is 0.422 e. The number of nitrogens with one attached hydrogen (secondary N) is 2. The first-order valence-corrected chi connectivity index (χ1v) is 5.95. The number of ether oxygens (including phenoxy) is 1. The summed E-state index contributed by atoms with van der Waals surface area (Å²) < 4.78 is 5.10. The molecule has 1 atom stereocenters. The maximum atomic E-state index is 11.3. The van der Waals surface area contributed by atoms with E-state index in [-0.39, 0.29) is 6.04 Å². The van der Waals surface area contributed by atoms with Gasteiger partial charge in [-0.05, 0) is 46.5 Å². The van der Waals surface area contributed by atoms with Crippen LogP contribution in [0.5, 0.6) is 0 Å². The van der Waals surface area contributed by atoms with Gasteiger partial charge in [-0.15, -0.1) is 0 Å². The van der Waals surface area contributed by atoms with Gasteiger partial charge in [-0.25, -0.2) is 10.2 Å². The van der Waals surface area contributed by atoms with Crippen molar-refractivity contribution in [1.29, 1.82) is 0 Å². The van der Waals surface area contributed by atoms with E-state index in [0.717, 1.165) is 12.8 Å². The molecule has 0 bridgehead atoms. The van der Waals surface area contributed by atoms with Crippen molar-refractivity contribution in [2.45, 2.75) is 66.0 Å². The highest BCUT2D eigenvalue weighted by Crippen LogP contribution is 2.07. The molecule has 16 heavy (non-hydrogen) atoms. The van der Waals surface area contributed by atoms with Crippen LogP contribution in [0.25, 0.3) is 0 Å². The van der Waals surface area contributed by atoms with Crippen LogP contribution in [0.1, 0.15) is 54.4 Å². The van der Waals surface area contributed by atoms with E-state index in [9.17, 15) is 4.79 Å². The summed E-state index contributed by atoms with van der Waals surface area (Å²) in [5, 5.41) is 0. The Morgan fingerprint density at radius 1 is 1.19 bits per heavy atom. The zero-order chi connectivity index (χ0) is 12.8. The van der Waals surface area contributed by atoms with Gasteiger partial charge in [0.1, 0.15) is 5.60 Å². The van der Waals surface area contributed by atoms with Crippen molar-refractivity contribution in [2.24, 2.45) is 5.92 Å². The number of carbonyl (C=O) groups excluding carboxylic acids is 1. The standard InChI is InChI=1S/C12H26N2O2/c1-9(2)7-8-10(3)13-14-11(15)16-12(4,5)6/h9-10,13H,7-8H2,1-6H3,(H,14,15). The van der Waals surface area contributed by atoms with E-state index in [1.807, 2.05) is 27.7 Å². The molecule has 0 aliphatic rings. The summed E-state index contributed by atoms with van der Waals surface area (Å²) in [7, 11) is 0. The van der Waals surface area contributed by atoms with Crippen molar-refractivity contribution >= 4 is 6.09 Å². The van der Waals surface area contributed by atoms with Gasteiger partial charge in [0.05, 0.1) is 0 Å². The molecule has 4 heteroatoms. The van der Waals surface area contributed by atoms with Gasteiger partial charge in [0.2, 0.25) is 0 Å². The molecule has 1 unspecified atom stereocenters. The Balaban J connectivity index is 3.67. The summed E-state index contributed by atoms with van der Waals surface area (Å²) in [5.41, 5.74) is 5.04. The van der Waals surface area contributed by atoms with Crippen LogP contribution >= 0.6 is 0 Å². The predicted molar refractivity (Wildman–Crippen MR) is 66.0 cm³/mol. The molecule has 0 saturated carbocycles. The van der Waals surface area contributed by atoms with E-state index in [1.165, 1.54) is 0 Å². The van der Waals surface area contributed by atoms with Crippen LogP contribution in [0, 0.1) is 5.92 Å². The van der Waals surface area contributed by atoms with Gasteiger partial charge >= 0.3 is 6.09 Å². The molecule has 1 amide bonds. The monoisotopic (exact) mass is 230 g/mol. The maximum Gasteiger partial charge on any atom is 0.422 e. The number of hydrogen-bond donors (Lipinski definition) is 2. The average molecular weight is 230 g/mol. The van der Waals surface area contributed by atoms with Crippen molar-refractivity contribution in [3.05, 3.63) is 0 Å². The Morgan fingerprint density at radius 3 is 2.19 bits per heavy atom. The first-order valence-electron chi connectivity index (χ1n) is 5.95. The van der Waals surface area contributed by atoms with Crippen LogP contribution in [0.4, 0.5) is 4.79 Å².